The number of fused-ring (bicyclic) bond motifs is 2. The van der Waals surface area contributed by atoms with Crippen molar-refractivity contribution in [3.63, 3.8) is 0 Å². The first-order valence-electron chi connectivity index (χ1n) is 26.3. The number of imidazole rings is 2. The smallest absolute Gasteiger partial charge is 0.321 e. The van der Waals surface area contributed by atoms with E-state index in [4.69, 9.17) is 36.8 Å². The van der Waals surface area contributed by atoms with Gasteiger partial charge in [-0.1, -0.05) is 12.2 Å². The lowest BCUT2D eigenvalue weighted by Crippen LogP contribution is -2.49. The molecule has 1 fully saturated rings. The van der Waals surface area contributed by atoms with Crippen LogP contribution in [0.2, 0.25) is 0 Å². The number of benzene rings is 2. The SMILES string of the molecule is CCn1nc(C)cc1C(=O)Nc1nc2cc(C(N)=O)cc(OC)c2n1C/C=C/Cn1c(NC(=O)c2cc(C)nn2CC)nc2cc(C(N)=O)cc(OCCCN(C)C(=O)[C@H](CC(=O)O)NC(=O)CCN3C(=O)CC(SC[C@H](N)C(=O)O)C3=O)c21. The van der Waals surface area contributed by atoms with Gasteiger partial charge in [0.05, 0.1) is 47.8 Å². The van der Waals surface area contributed by atoms with Crippen LogP contribution in [0.3, 0.4) is 0 Å². The van der Waals surface area contributed by atoms with Crippen molar-refractivity contribution in [1.82, 2.24) is 53.8 Å². The Morgan fingerprint density at radius 2 is 1.33 bits per heavy atom. The summed E-state index contributed by atoms with van der Waals surface area (Å²) in [5.74, 6) is -7.83. The summed E-state index contributed by atoms with van der Waals surface area (Å²) in [4.78, 5) is 140. The Morgan fingerprint density at radius 3 is 1.82 bits per heavy atom. The summed E-state index contributed by atoms with van der Waals surface area (Å²) in [5, 5.41) is 34.8. The number of carbonyl (C=O) groups excluding carboxylic acids is 8. The van der Waals surface area contributed by atoms with Crippen molar-refractivity contribution in [2.24, 2.45) is 17.2 Å². The standard InChI is InChI=1S/C53H64N16O14S/c1-7-68-35(18-27(3)62-68)47(76)60-52-58-32-20-29(45(55)74)22-37(82-6)43(32)66(52)14-9-10-15-67-44-33(59-53(67)61-48(77)36-19-28(4)63-69(36)8-2)21-30(46(56)75)23-38(44)83-17-11-13-64(5)49(78)34(24-42(72)73)57-40(70)12-16-65-41(71)25-39(50(65)79)84-26-31(54)51(80)81/h9-10,18-23,31,34,39H,7-8,11-17,24-26,54H2,1-6H3,(H2,55,74)(H2,56,75)(H,57,70)(H,72,73)(H,80,81)(H,58,60,76)(H,59,61,77)/b10-9+/t31-,34-,39?/m0/s1. The van der Waals surface area contributed by atoms with E-state index in [1.165, 1.54) is 48.0 Å². The number of aryl methyl sites for hydroxylation is 4. The second-order valence-electron chi connectivity index (χ2n) is 19.3. The summed E-state index contributed by atoms with van der Waals surface area (Å²) in [7, 11) is 2.79. The summed E-state index contributed by atoms with van der Waals surface area (Å²) < 4.78 is 18.3. The van der Waals surface area contributed by atoms with Crippen LogP contribution in [0, 0.1) is 13.8 Å². The average molecular weight is 1180 g/mol. The lowest BCUT2D eigenvalue weighted by Gasteiger charge is -2.24. The summed E-state index contributed by atoms with van der Waals surface area (Å²) in [5.41, 5.74) is 20.0. The van der Waals surface area contributed by atoms with E-state index in [1.54, 1.807) is 51.9 Å². The predicted molar refractivity (Wildman–Crippen MR) is 303 cm³/mol. The minimum atomic E-state index is -1.55. The molecule has 11 N–H and O–H groups in total. The molecule has 6 aromatic rings. The highest BCUT2D eigenvalue weighted by Crippen LogP contribution is 2.34. The van der Waals surface area contributed by atoms with Crippen LogP contribution in [0.1, 0.15) is 92.6 Å². The number of aliphatic carboxylic acids is 2. The van der Waals surface area contributed by atoms with Crippen LogP contribution in [-0.4, -0.2) is 175 Å². The second-order valence-corrected chi connectivity index (χ2v) is 20.6. The van der Waals surface area contributed by atoms with Gasteiger partial charge in [0.1, 0.15) is 46.0 Å². The molecule has 0 spiro atoms. The molecule has 30 nitrogen and oxygen atoms in total. The molecule has 31 heteroatoms. The number of carbonyl (C=O) groups is 10. The number of nitrogens with two attached hydrogens (primary N) is 3. The van der Waals surface area contributed by atoms with Gasteiger partial charge in [0.25, 0.3) is 11.8 Å². The molecular formula is C53H64N16O14S. The number of carboxylic acids is 2. The number of nitrogens with zero attached hydrogens (tertiary/aromatic N) is 10. The highest BCUT2D eigenvalue weighted by molar-refractivity contribution is 8.00. The van der Waals surface area contributed by atoms with Gasteiger partial charge in [-0.25, -0.2) is 9.97 Å². The number of likely N-dealkylation sites (tertiary alicyclic amines) is 1. The minimum Gasteiger partial charge on any atom is -0.494 e. The van der Waals surface area contributed by atoms with Crippen molar-refractivity contribution in [2.45, 2.75) is 96.9 Å². The van der Waals surface area contributed by atoms with Crippen molar-refractivity contribution >= 4 is 105 Å². The first-order valence-corrected chi connectivity index (χ1v) is 27.4. The van der Waals surface area contributed by atoms with E-state index >= 15 is 0 Å². The van der Waals surface area contributed by atoms with Crippen LogP contribution in [0.25, 0.3) is 22.1 Å². The number of allylic oxidation sites excluding steroid dienone is 2. The number of thioether (sulfide) groups is 1. The first-order chi connectivity index (χ1) is 39.9. The average Bonchev–Trinajstić information content (AvgIpc) is 2.34. The Morgan fingerprint density at radius 1 is 0.810 bits per heavy atom. The Balaban J connectivity index is 1.12. The van der Waals surface area contributed by atoms with Crippen LogP contribution in [-0.2, 0) is 54.9 Å². The van der Waals surface area contributed by atoms with Gasteiger partial charge in [-0.05, 0) is 70.5 Å². The zero-order valence-electron chi connectivity index (χ0n) is 46.7. The topological polar surface area (TPSA) is 422 Å². The molecule has 84 heavy (non-hydrogen) atoms. The summed E-state index contributed by atoms with van der Waals surface area (Å²) in [6, 6.07) is 6.18. The number of rotatable bonds is 29. The number of primary amides is 2. The monoisotopic (exact) mass is 1180 g/mol. The number of methoxy groups -OCH3 is 1. The number of carboxylic acid groups (broad SMARTS) is 2. The molecule has 1 aliphatic rings. The van der Waals surface area contributed by atoms with E-state index in [0.29, 0.717) is 35.5 Å². The Labute approximate surface area is 483 Å². The number of aromatic nitrogens is 8. The van der Waals surface area contributed by atoms with Gasteiger partial charge in [-0.3, -0.25) is 72.8 Å². The van der Waals surface area contributed by atoms with Gasteiger partial charge >= 0.3 is 11.9 Å². The van der Waals surface area contributed by atoms with Crippen molar-refractivity contribution < 1.29 is 67.6 Å². The lowest BCUT2D eigenvalue weighted by atomic mass is 10.1. The zero-order chi connectivity index (χ0) is 61.3. The van der Waals surface area contributed by atoms with Gasteiger partial charge in [0.2, 0.25) is 47.3 Å². The Bertz CT molecular complexity index is 3620. The van der Waals surface area contributed by atoms with Crippen molar-refractivity contribution in [2.75, 3.05) is 50.2 Å². The number of ether oxygens (including phenoxy) is 2. The number of amides is 8. The molecule has 0 bridgehead atoms. The van der Waals surface area contributed by atoms with Crippen molar-refractivity contribution in [3.05, 3.63) is 82.5 Å². The molecule has 8 amide bonds. The zero-order valence-corrected chi connectivity index (χ0v) is 47.6. The lowest BCUT2D eigenvalue weighted by molar-refractivity contribution is -0.143. The maximum atomic E-state index is 14.0. The van der Waals surface area contributed by atoms with Gasteiger partial charge in [-0.15, -0.1) is 11.8 Å². The quantitative estimate of drug-likeness (QED) is 0.0186. The normalized spacial score (nSPS) is 14.0. The third-order valence-corrected chi connectivity index (χ3v) is 14.6. The third-order valence-electron chi connectivity index (χ3n) is 13.3. The molecule has 446 valence electrons. The summed E-state index contributed by atoms with van der Waals surface area (Å²) in [6.45, 7) is 7.43. The summed E-state index contributed by atoms with van der Waals surface area (Å²) in [6.07, 6.45) is 2.08. The fourth-order valence-corrected chi connectivity index (χ4v) is 10.3. The van der Waals surface area contributed by atoms with E-state index in [2.05, 4.69) is 31.1 Å². The number of imide groups is 1. The molecule has 3 atom stereocenters. The van der Waals surface area contributed by atoms with E-state index in [1.807, 2.05) is 13.8 Å². The second kappa shape index (κ2) is 27.0. The fraction of sp³-hybridized carbons (Fsp3) is 0.396. The summed E-state index contributed by atoms with van der Waals surface area (Å²) >= 11 is 0.906. The highest BCUT2D eigenvalue weighted by atomic mass is 32.2. The Hall–Kier alpha value is -9.65. The molecule has 1 aliphatic heterocycles. The number of hydrogen-bond donors (Lipinski definition) is 8. The molecule has 0 radical (unpaired) electrons. The molecule has 0 saturated carbocycles. The van der Waals surface area contributed by atoms with Gasteiger partial charge in [0, 0.05) is 76.0 Å². The van der Waals surface area contributed by atoms with E-state index in [0.717, 1.165) is 16.7 Å². The van der Waals surface area contributed by atoms with Crippen LogP contribution in [0.5, 0.6) is 11.5 Å². The fourth-order valence-electron chi connectivity index (χ4n) is 9.21. The third kappa shape index (κ3) is 14.3. The maximum absolute atomic E-state index is 14.0. The molecular weight excluding hydrogens is 1120 g/mol. The number of nitrogens with one attached hydrogen (secondary N) is 3. The van der Waals surface area contributed by atoms with Gasteiger partial charge in [-0.2, -0.15) is 10.2 Å². The van der Waals surface area contributed by atoms with Gasteiger partial charge < -0.3 is 56.2 Å². The highest BCUT2D eigenvalue weighted by Gasteiger charge is 2.39. The van der Waals surface area contributed by atoms with Crippen LogP contribution >= 0.6 is 11.8 Å². The van der Waals surface area contributed by atoms with Crippen LogP contribution in [0.4, 0.5) is 11.9 Å². The predicted octanol–water partition coefficient (Wildman–Crippen LogP) is 1.25. The maximum Gasteiger partial charge on any atom is 0.321 e. The molecule has 5 heterocycles. The van der Waals surface area contributed by atoms with Crippen LogP contribution < -0.4 is 42.6 Å². The van der Waals surface area contributed by atoms with Gasteiger partial charge in [0.15, 0.2) is 0 Å². The molecule has 7 rings (SSSR count). The largest absolute Gasteiger partial charge is 0.494 e. The molecule has 0 aliphatic carbocycles. The van der Waals surface area contributed by atoms with Crippen molar-refractivity contribution in [1.29, 1.82) is 0 Å². The number of hydrogen-bond acceptors (Lipinski definition) is 18. The minimum absolute atomic E-state index is 0.000372. The Kier molecular flexibility index (Phi) is 19.9. The van der Waals surface area contributed by atoms with E-state index in [-0.39, 0.29) is 108 Å². The first kappa shape index (κ1) is 62.0. The number of anilines is 2. The van der Waals surface area contributed by atoms with E-state index in [9.17, 15) is 53.1 Å². The molecule has 4 aromatic heterocycles. The molecule has 1 saturated heterocycles. The molecule has 1 unspecified atom stereocenters. The molecule has 2 aromatic carbocycles. The van der Waals surface area contributed by atoms with Crippen LogP contribution in [0.15, 0.2) is 48.6 Å². The van der Waals surface area contributed by atoms with Crippen molar-refractivity contribution in [3.8, 4) is 11.5 Å². The van der Waals surface area contributed by atoms with E-state index < -0.39 is 89.4 Å². The number of likely N-dealkylation sites (N-methyl/N-ethyl adjacent to an activating group) is 1.